The van der Waals surface area contributed by atoms with E-state index in [0.717, 1.165) is 12.1 Å². The number of hydrogen-bond donors (Lipinski definition) is 2. The van der Waals surface area contributed by atoms with E-state index in [-0.39, 0.29) is 4.47 Å². The number of carbonyl (C=O) groups excluding carboxylic acids is 1. The molecule has 0 unspecified atom stereocenters. The predicted molar refractivity (Wildman–Crippen MR) is 71.4 cm³/mol. The van der Waals surface area contributed by atoms with Crippen molar-refractivity contribution in [2.75, 3.05) is 4.72 Å². The largest absolute Gasteiger partial charge is 0.446 e. The van der Waals surface area contributed by atoms with Gasteiger partial charge >= 0.3 is 16.3 Å². The Morgan fingerprint density at radius 3 is 2.25 bits per heavy atom. The van der Waals surface area contributed by atoms with Crippen LogP contribution in [0, 0.1) is 11.6 Å². The molecule has 0 atom stereocenters. The summed E-state index contributed by atoms with van der Waals surface area (Å²) in [5.74, 6) is -2.28. The first kappa shape index (κ1) is 16.6. The lowest BCUT2D eigenvalue weighted by Gasteiger charge is -2.12. The summed E-state index contributed by atoms with van der Waals surface area (Å²) in [7, 11) is -4.51. The summed E-state index contributed by atoms with van der Waals surface area (Å²) in [5, 5.41) is 0. The molecule has 1 aromatic carbocycles. The zero-order chi connectivity index (χ0) is 15.5. The molecule has 1 amide bonds. The normalized spacial score (nSPS) is 11.3. The van der Waals surface area contributed by atoms with Gasteiger partial charge in [-0.3, -0.25) is 4.72 Å². The van der Waals surface area contributed by atoms with Gasteiger partial charge in [-0.15, -0.1) is 0 Å². The highest BCUT2D eigenvalue weighted by Gasteiger charge is 2.20. The molecule has 1 aromatic rings. The Balaban J connectivity index is 2.90. The minimum atomic E-state index is -4.51. The number of carbonyl (C=O) groups is 1. The van der Waals surface area contributed by atoms with Crippen molar-refractivity contribution >= 4 is 37.9 Å². The third-order valence-corrected chi connectivity index (χ3v) is 3.17. The molecule has 1 rings (SSSR count). The lowest BCUT2D eigenvalue weighted by Crippen LogP contribution is -2.37. The molecule has 0 spiro atoms. The molecule has 0 aliphatic rings. The third kappa shape index (κ3) is 4.93. The molecule has 0 bridgehead atoms. The summed E-state index contributed by atoms with van der Waals surface area (Å²) in [5.41, 5.74) is -0.905. The fourth-order valence-corrected chi connectivity index (χ4v) is 2.33. The maximum Gasteiger partial charge on any atom is 0.422 e. The van der Waals surface area contributed by atoms with E-state index < -0.39 is 39.7 Å². The number of ether oxygens (including phenoxy) is 1. The highest BCUT2D eigenvalue weighted by Crippen LogP contribution is 2.24. The summed E-state index contributed by atoms with van der Waals surface area (Å²) in [6, 6.07) is 1.74. The Kier molecular flexibility index (Phi) is 5.28. The van der Waals surface area contributed by atoms with Crippen molar-refractivity contribution in [3.05, 3.63) is 28.2 Å². The molecule has 20 heavy (non-hydrogen) atoms. The minimum Gasteiger partial charge on any atom is -0.446 e. The molecule has 0 saturated carbocycles. The summed E-state index contributed by atoms with van der Waals surface area (Å²) >= 11 is 2.85. The molecular formula is C10H11BrF2N2O4S. The molecule has 2 N–H and O–H groups in total. The maximum absolute atomic E-state index is 13.4. The number of halogens is 3. The van der Waals surface area contributed by atoms with Crippen LogP contribution in [0.5, 0.6) is 0 Å². The summed E-state index contributed by atoms with van der Waals surface area (Å²) in [6.07, 6.45) is -1.81. The highest BCUT2D eigenvalue weighted by atomic mass is 79.9. The third-order valence-electron chi connectivity index (χ3n) is 1.80. The van der Waals surface area contributed by atoms with Gasteiger partial charge in [0.1, 0.15) is 5.69 Å². The van der Waals surface area contributed by atoms with Crippen molar-refractivity contribution in [3.8, 4) is 0 Å². The summed E-state index contributed by atoms with van der Waals surface area (Å²) in [4.78, 5) is 11.1. The highest BCUT2D eigenvalue weighted by molar-refractivity contribution is 9.10. The van der Waals surface area contributed by atoms with Gasteiger partial charge < -0.3 is 4.74 Å². The van der Waals surface area contributed by atoms with E-state index in [9.17, 15) is 22.0 Å². The van der Waals surface area contributed by atoms with Gasteiger partial charge in [0.2, 0.25) is 0 Å². The van der Waals surface area contributed by atoms with Crippen molar-refractivity contribution in [1.82, 2.24) is 4.72 Å². The SMILES string of the molecule is CC(C)OC(=O)NS(=O)(=O)Nc1c(F)cc(Br)cc1F. The quantitative estimate of drug-likeness (QED) is 0.850. The van der Waals surface area contributed by atoms with Crippen molar-refractivity contribution < 1.29 is 26.7 Å². The first-order valence-electron chi connectivity index (χ1n) is 5.26. The Bertz CT molecular complexity index is 599. The van der Waals surface area contributed by atoms with Gasteiger partial charge in [0, 0.05) is 4.47 Å². The molecule has 0 saturated heterocycles. The van der Waals surface area contributed by atoms with Crippen molar-refractivity contribution in [2.45, 2.75) is 20.0 Å². The molecule has 0 aliphatic carbocycles. The Hall–Kier alpha value is -1.42. The van der Waals surface area contributed by atoms with Crippen LogP contribution in [0.2, 0.25) is 0 Å². The van der Waals surface area contributed by atoms with Gasteiger partial charge in [-0.1, -0.05) is 15.9 Å². The molecule has 0 heterocycles. The van der Waals surface area contributed by atoms with Crippen LogP contribution in [0.1, 0.15) is 13.8 Å². The zero-order valence-corrected chi connectivity index (χ0v) is 12.8. The molecule has 0 fully saturated rings. The Morgan fingerprint density at radius 1 is 1.30 bits per heavy atom. The minimum absolute atomic E-state index is 0.0997. The fourth-order valence-electron chi connectivity index (χ4n) is 1.15. The van der Waals surface area contributed by atoms with Crippen LogP contribution < -0.4 is 9.44 Å². The predicted octanol–water partition coefficient (Wildman–Crippen LogP) is 2.52. The van der Waals surface area contributed by atoms with E-state index in [0.29, 0.717) is 0 Å². The number of benzene rings is 1. The van der Waals surface area contributed by atoms with Crippen molar-refractivity contribution in [2.24, 2.45) is 0 Å². The molecule has 0 radical (unpaired) electrons. The molecule has 10 heteroatoms. The number of anilines is 1. The van der Waals surface area contributed by atoms with Gasteiger partial charge in [-0.2, -0.15) is 8.42 Å². The van der Waals surface area contributed by atoms with Gasteiger partial charge in [0.25, 0.3) is 0 Å². The second-order valence-electron chi connectivity index (χ2n) is 3.91. The van der Waals surface area contributed by atoms with E-state index in [1.807, 2.05) is 0 Å². The average Bonchev–Trinajstić information content (AvgIpc) is 2.21. The van der Waals surface area contributed by atoms with E-state index >= 15 is 0 Å². The van der Waals surface area contributed by atoms with Crippen LogP contribution in [0.3, 0.4) is 0 Å². The number of hydrogen-bond acceptors (Lipinski definition) is 4. The maximum atomic E-state index is 13.4. The zero-order valence-electron chi connectivity index (χ0n) is 10.4. The van der Waals surface area contributed by atoms with E-state index in [2.05, 4.69) is 20.7 Å². The average molecular weight is 373 g/mol. The van der Waals surface area contributed by atoms with Crippen molar-refractivity contribution in [3.63, 3.8) is 0 Å². The first-order valence-corrected chi connectivity index (χ1v) is 7.54. The van der Waals surface area contributed by atoms with Crippen LogP contribution in [-0.4, -0.2) is 20.6 Å². The molecule has 6 nitrogen and oxygen atoms in total. The van der Waals surface area contributed by atoms with Gasteiger partial charge in [-0.05, 0) is 26.0 Å². The topological polar surface area (TPSA) is 84.5 Å². The Morgan fingerprint density at radius 2 is 1.80 bits per heavy atom. The fraction of sp³-hybridized carbons (Fsp3) is 0.300. The van der Waals surface area contributed by atoms with Crippen LogP contribution >= 0.6 is 15.9 Å². The van der Waals surface area contributed by atoms with Crippen LogP contribution in [-0.2, 0) is 14.9 Å². The van der Waals surface area contributed by atoms with E-state index in [1.165, 1.54) is 18.6 Å². The molecule has 0 aromatic heterocycles. The number of nitrogens with one attached hydrogen (secondary N) is 2. The number of rotatable bonds is 4. The molecule has 0 aliphatic heterocycles. The number of amides is 1. The molecule has 112 valence electrons. The monoisotopic (exact) mass is 372 g/mol. The van der Waals surface area contributed by atoms with E-state index in [1.54, 1.807) is 4.72 Å². The van der Waals surface area contributed by atoms with Crippen molar-refractivity contribution in [1.29, 1.82) is 0 Å². The smallest absolute Gasteiger partial charge is 0.422 e. The molecular weight excluding hydrogens is 362 g/mol. The second-order valence-corrected chi connectivity index (χ2v) is 6.24. The second kappa shape index (κ2) is 6.35. The standard InChI is InChI=1S/C10H11BrF2N2O4S/c1-5(2)19-10(16)15-20(17,18)14-9-7(12)3-6(11)4-8(9)13/h3-5,14H,1-2H3,(H,15,16). The van der Waals surface area contributed by atoms with Crippen LogP contribution in [0.25, 0.3) is 0 Å². The van der Waals surface area contributed by atoms with Crippen LogP contribution in [0.15, 0.2) is 16.6 Å². The summed E-state index contributed by atoms with van der Waals surface area (Å²) < 4.78 is 57.6. The first-order chi connectivity index (χ1) is 9.10. The lowest BCUT2D eigenvalue weighted by atomic mass is 10.3. The van der Waals surface area contributed by atoms with Gasteiger partial charge in [0.05, 0.1) is 6.10 Å². The lowest BCUT2D eigenvalue weighted by molar-refractivity contribution is 0.121. The Labute approximate surface area is 122 Å². The van der Waals surface area contributed by atoms with Gasteiger partial charge in [-0.25, -0.2) is 18.3 Å². The van der Waals surface area contributed by atoms with Gasteiger partial charge in [0.15, 0.2) is 11.6 Å². The summed E-state index contributed by atoms with van der Waals surface area (Å²) in [6.45, 7) is 3.02. The van der Waals surface area contributed by atoms with Crippen LogP contribution in [0.4, 0.5) is 19.3 Å². The van der Waals surface area contributed by atoms with E-state index in [4.69, 9.17) is 0 Å².